The molecule has 0 heterocycles. The van der Waals surface area contributed by atoms with Crippen LogP contribution >= 0.6 is 0 Å². The molecule has 0 saturated heterocycles. The normalized spacial score (nSPS) is 12.9. The van der Waals surface area contributed by atoms with Crippen LogP contribution in [0.2, 0.25) is 0 Å². The lowest BCUT2D eigenvalue weighted by molar-refractivity contribution is -0.124. The van der Waals surface area contributed by atoms with E-state index in [2.05, 4.69) is 38.3 Å². The summed E-state index contributed by atoms with van der Waals surface area (Å²) < 4.78 is 0. The molecule has 0 aliphatic carbocycles. The van der Waals surface area contributed by atoms with Crippen LogP contribution in [0.1, 0.15) is 86.5 Å². The summed E-state index contributed by atoms with van der Waals surface area (Å²) >= 11 is 0. The van der Waals surface area contributed by atoms with Gasteiger partial charge in [-0.1, -0.05) is 54.4 Å². The van der Waals surface area contributed by atoms with Crippen LogP contribution in [0.15, 0.2) is 0 Å². The Balaban J connectivity index is 3.84. The minimum absolute atomic E-state index is 0.0586. The van der Waals surface area contributed by atoms with Gasteiger partial charge in [0.15, 0.2) is 5.78 Å². The van der Waals surface area contributed by atoms with Gasteiger partial charge in [-0.05, 0) is 31.6 Å². The van der Waals surface area contributed by atoms with E-state index < -0.39 is 0 Å². The maximum Gasteiger partial charge on any atom is 0.219 e. The van der Waals surface area contributed by atoms with Crippen LogP contribution in [0.3, 0.4) is 0 Å². The third-order valence-corrected chi connectivity index (χ3v) is 4.12. The monoisotopic (exact) mass is 340 g/mol. The number of hydrogen-bond acceptors (Lipinski definition) is 3. The molecule has 0 aromatic rings. The Bertz CT molecular complexity index is 352. The molecular formula is C20H40N2O2. The highest BCUT2D eigenvalue weighted by Gasteiger charge is 2.21. The first kappa shape index (κ1) is 23.1. The average molecular weight is 341 g/mol. The molecule has 0 spiro atoms. The second-order valence-corrected chi connectivity index (χ2v) is 7.92. The predicted octanol–water partition coefficient (Wildman–Crippen LogP) is 4.08. The van der Waals surface area contributed by atoms with Crippen molar-refractivity contribution in [2.75, 3.05) is 6.54 Å². The number of amides is 1. The van der Waals surface area contributed by atoms with Crippen molar-refractivity contribution in [3.63, 3.8) is 0 Å². The quantitative estimate of drug-likeness (QED) is 0.468. The molecule has 0 aromatic carbocycles. The number of rotatable bonds is 14. The van der Waals surface area contributed by atoms with Crippen LogP contribution in [0, 0.1) is 11.8 Å². The van der Waals surface area contributed by atoms with Crippen molar-refractivity contribution in [1.29, 1.82) is 0 Å². The van der Waals surface area contributed by atoms with Gasteiger partial charge in [-0.25, -0.2) is 0 Å². The molecule has 1 amide bonds. The second kappa shape index (κ2) is 13.4. The average Bonchev–Trinajstić information content (AvgIpc) is 2.48. The third kappa shape index (κ3) is 12.5. The number of nitrogens with one attached hydrogen (secondary N) is 2. The van der Waals surface area contributed by atoms with E-state index in [9.17, 15) is 9.59 Å². The van der Waals surface area contributed by atoms with Crippen molar-refractivity contribution in [3.8, 4) is 0 Å². The predicted molar refractivity (Wildman–Crippen MR) is 102 cm³/mol. The van der Waals surface area contributed by atoms with Crippen LogP contribution in [0.25, 0.3) is 0 Å². The number of hydrogen-bond donors (Lipinski definition) is 2. The van der Waals surface area contributed by atoms with E-state index in [0.717, 1.165) is 32.1 Å². The minimum atomic E-state index is -0.0586. The Labute approximate surface area is 149 Å². The zero-order valence-corrected chi connectivity index (χ0v) is 16.8. The lowest BCUT2D eigenvalue weighted by Crippen LogP contribution is -2.42. The molecule has 0 rings (SSSR count). The van der Waals surface area contributed by atoms with E-state index in [0.29, 0.717) is 24.9 Å². The van der Waals surface area contributed by atoms with E-state index in [-0.39, 0.29) is 23.7 Å². The molecule has 24 heavy (non-hydrogen) atoms. The fraction of sp³-hybridized carbons (Fsp3) is 0.900. The van der Waals surface area contributed by atoms with E-state index in [1.165, 1.54) is 6.42 Å². The number of ketones is 1. The molecule has 0 saturated carbocycles. The van der Waals surface area contributed by atoms with Crippen LogP contribution in [-0.2, 0) is 9.59 Å². The SMILES string of the molecule is CC(C)CCCCC(=O)NCCCCC(NC(C)C)C(=O)C(C)C. The summed E-state index contributed by atoms with van der Waals surface area (Å²) in [5, 5.41) is 6.36. The van der Waals surface area contributed by atoms with Gasteiger partial charge in [0.05, 0.1) is 6.04 Å². The number of carbonyl (C=O) groups excluding carboxylic acids is 2. The Kier molecular flexibility index (Phi) is 12.9. The highest BCUT2D eigenvalue weighted by atomic mass is 16.1. The summed E-state index contributed by atoms with van der Waals surface area (Å²) in [5.41, 5.74) is 0. The molecule has 0 aliphatic heterocycles. The van der Waals surface area contributed by atoms with Gasteiger partial charge in [-0.2, -0.15) is 0 Å². The summed E-state index contributed by atoms with van der Waals surface area (Å²) in [5.74, 6) is 1.23. The van der Waals surface area contributed by atoms with Gasteiger partial charge >= 0.3 is 0 Å². The zero-order chi connectivity index (χ0) is 18.5. The third-order valence-electron chi connectivity index (χ3n) is 4.12. The first-order valence-electron chi connectivity index (χ1n) is 9.80. The molecule has 2 N–H and O–H groups in total. The van der Waals surface area contributed by atoms with Gasteiger partial charge in [0.25, 0.3) is 0 Å². The van der Waals surface area contributed by atoms with Crippen LogP contribution < -0.4 is 10.6 Å². The van der Waals surface area contributed by atoms with E-state index in [4.69, 9.17) is 0 Å². The van der Waals surface area contributed by atoms with Crippen LogP contribution in [0.5, 0.6) is 0 Å². The van der Waals surface area contributed by atoms with Gasteiger partial charge in [0.2, 0.25) is 5.91 Å². The minimum Gasteiger partial charge on any atom is -0.356 e. The van der Waals surface area contributed by atoms with Crippen LogP contribution in [-0.4, -0.2) is 30.3 Å². The van der Waals surface area contributed by atoms with Crippen molar-refractivity contribution in [2.45, 2.75) is 98.6 Å². The highest BCUT2D eigenvalue weighted by molar-refractivity contribution is 5.85. The molecule has 0 bridgehead atoms. The molecule has 4 heteroatoms. The van der Waals surface area contributed by atoms with E-state index >= 15 is 0 Å². The lowest BCUT2D eigenvalue weighted by atomic mass is 9.96. The maximum absolute atomic E-state index is 12.2. The fourth-order valence-electron chi connectivity index (χ4n) is 2.74. The zero-order valence-electron chi connectivity index (χ0n) is 16.8. The largest absolute Gasteiger partial charge is 0.356 e. The molecule has 4 nitrogen and oxygen atoms in total. The Morgan fingerprint density at radius 3 is 2.00 bits per heavy atom. The van der Waals surface area contributed by atoms with Gasteiger partial charge < -0.3 is 10.6 Å². The molecule has 142 valence electrons. The van der Waals surface area contributed by atoms with Gasteiger partial charge in [-0.15, -0.1) is 0 Å². The Hall–Kier alpha value is -0.900. The van der Waals surface area contributed by atoms with Crippen LogP contribution in [0.4, 0.5) is 0 Å². The molecular weight excluding hydrogens is 300 g/mol. The van der Waals surface area contributed by atoms with Crippen molar-refractivity contribution in [2.24, 2.45) is 11.8 Å². The van der Waals surface area contributed by atoms with E-state index in [1.54, 1.807) is 0 Å². The molecule has 0 aromatic heterocycles. The fourth-order valence-corrected chi connectivity index (χ4v) is 2.74. The van der Waals surface area contributed by atoms with Crippen molar-refractivity contribution in [3.05, 3.63) is 0 Å². The van der Waals surface area contributed by atoms with E-state index in [1.807, 2.05) is 13.8 Å². The summed E-state index contributed by atoms with van der Waals surface area (Å²) in [6, 6.07) is 0.250. The summed E-state index contributed by atoms with van der Waals surface area (Å²) in [7, 11) is 0. The number of unbranched alkanes of at least 4 members (excludes halogenated alkanes) is 2. The number of carbonyl (C=O) groups is 2. The summed E-state index contributed by atoms with van der Waals surface area (Å²) in [4.78, 5) is 24.0. The summed E-state index contributed by atoms with van der Waals surface area (Å²) in [6.45, 7) is 13.2. The molecule has 0 aliphatic rings. The standard InChI is InChI=1S/C20H40N2O2/c1-15(2)11-7-8-13-19(23)21-14-10-9-12-18(22-17(5)6)20(24)16(3)4/h15-18,22H,7-14H2,1-6H3,(H,21,23). The topological polar surface area (TPSA) is 58.2 Å². The molecule has 0 radical (unpaired) electrons. The Morgan fingerprint density at radius 1 is 0.833 bits per heavy atom. The smallest absolute Gasteiger partial charge is 0.219 e. The second-order valence-electron chi connectivity index (χ2n) is 7.92. The summed E-state index contributed by atoms with van der Waals surface area (Å²) in [6.07, 6.45) is 6.67. The van der Waals surface area contributed by atoms with Gasteiger partial charge in [0, 0.05) is 24.9 Å². The maximum atomic E-state index is 12.2. The Morgan fingerprint density at radius 2 is 1.46 bits per heavy atom. The number of Topliss-reactive ketones (excluding diaryl/α,β-unsaturated/α-hetero) is 1. The lowest BCUT2D eigenvalue weighted by Gasteiger charge is -2.22. The first-order valence-corrected chi connectivity index (χ1v) is 9.80. The van der Waals surface area contributed by atoms with Gasteiger partial charge in [0.1, 0.15) is 0 Å². The van der Waals surface area contributed by atoms with Crippen molar-refractivity contribution >= 4 is 11.7 Å². The van der Waals surface area contributed by atoms with Gasteiger partial charge in [-0.3, -0.25) is 9.59 Å². The molecule has 0 fully saturated rings. The first-order chi connectivity index (χ1) is 11.2. The van der Waals surface area contributed by atoms with Crippen molar-refractivity contribution < 1.29 is 9.59 Å². The molecule has 1 unspecified atom stereocenters. The van der Waals surface area contributed by atoms with Crippen molar-refractivity contribution in [1.82, 2.24) is 10.6 Å². The molecule has 1 atom stereocenters. The highest BCUT2D eigenvalue weighted by Crippen LogP contribution is 2.09.